The van der Waals surface area contributed by atoms with Gasteiger partial charge >= 0.3 is 0 Å². The van der Waals surface area contributed by atoms with Crippen LogP contribution in [-0.2, 0) is 0 Å². The van der Waals surface area contributed by atoms with Crippen molar-refractivity contribution in [2.45, 2.75) is 26.7 Å². The molecule has 0 fully saturated rings. The van der Waals surface area contributed by atoms with Crippen molar-refractivity contribution in [3.05, 3.63) is 47.5 Å². The smallest absolute Gasteiger partial charge is 0.185 e. The first kappa shape index (κ1) is 10.7. The van der Waals surface area contributed by atoms with Gasteiger partial charge in [0.2, 0.25) is 0 Å². The largest absolute Gasteiger partial charge is 0.289 e. The second-order valence-electron chi connectivity index (χ2n) is 3.64. The van der Waals surface area contributed by atoms with E-state index < -0.39 is 0 Å². The Hall–Kier alpha value is -1.37. The van der Waals surface area contributed by atoms with Gasteiger partial charge in [0.15, 0.2) is 5.78 Å². The average Bonchev–Trinajstić information content (AvgIpc) is 2.18. The highest BCUT2D eigenvalue weighted by atomic mass is 16.1. The second kappa shape index (κ2) is 4.75. The first-order chi connectivity index (χ1) is 6.65. The minimum absolute atomic E-state index is 0.0720. The van der Waals surface area contributed by atoms with E-state index in [2.05, 4.69) is 13.8 Å². The SMILES string of the molecule is C/C=C/C(=O)c1ccc(C(C)C)cc1. The minimum Gasteiger partial charge on any atom is -0.289 e. The lowest BCUT2D eigenvalue weighted by atomic mass is 10.0. The van der Waals surface area contributed by atoms with Crippen LogP contribution in [0.25, 0.3) is 0 Å². The van der Waals surface area contributed by atoms with Gasteiger partial charge in [-0.1, -0.05) is 44.2 Å². The molecular formula is C13H16O. The number of rotatable bonds is 3. The highest BCUT2D eigenvalue weighted by Gasteiger charge is 2.02. The minimum atomic E-state index is 0.0720. The van der Waals surface area contributed by atoms with E-state index in [0.29, 0.717) is 5.92 Å². The van der Waals surface area contributed by atoms with Crippen molar-refractivity contribution >= 4 is 5.78 Å². The first-order valence-electron chi connectivity index (χ1n) is 4.92. The van der Waals surface area contributed by atoms with Crippen molar-refractivity contribution in [3.63, 3.8) is 0 Å². The number of hydrogen-bond donors (Lipinski definition) is 0. The summed E-state index contributed by atoms with van der Waals surface area (Å²) in [5, 5.41) is 0. The normalized spacial score (nSPS) is 11.1. The maximum atomic E-state index is 11.4. The van der Waals surface area contributed by atoms with Crippen LogP contribution in [0.1, 0.15) is 42.6 Å². The van der Waals surface area contributed by atoms with Crippen LogP contribution in [0.4, 0.5) is 0 Å². The summed E-state index contributed by atoms with van der Waals surface area (Å²) in [7, 11) is 0. The third kappa shape index (κ3) is 2.56. The van der Waals surface area contributed by atoms with Gasteiger partial charge < -0.3 is 0 Å². The van der Waals surface area contributed by atoms with Gasteiger partial charge in [0.25, 0.3) is 0 Å². The summed E-state index contributed by atoms with van der Waals surface area (Å²) in [5.74, 6) is 0.587. The van der Waals surface area contributed by atoms with Gasteiger partial charge in [0.1, 0.15) is 0 Å². The van der Waals surface area contributed by atoms with Crippen LogP contribution < -0.4 is 0 Å². The molecule has 1 nitrogen and oxygen atoms in total. The van der Waals surface area contributed by atoms with E-state index in [1.807, 2.05) is 31.2 Å². The van der Waals surface area contributed by atoms with E-state index in [1.54, 1.807) is 12.2 Å². The summed E-state index contributed by atoms with van der Waals surface area (Å²) in [6, 6.07) is 7.80. The number of carbonyl (C=O) groups is 1. The number of hydrogen-bond acceptors (Lipinski definition) is 1. The Morgan fingerprint density at radius 3 is 2.21 bits per heavy atom. The molecule has 0 atom stereocenters. The highest BCUT2D eigenvalue weighted by molar-refractivity contribution is 6.04. The summed E-state index contributed by atoms with van der Waals surface area (Å²) in [4.78, 5) is 11.4. The van der Waals surface area contributed by atoms with Crippen LogP contribution in [0.2, 0.25) is 0 Å². The van der Waals surface area contributed by atoms with Gasteiger partial charge in [-0.25, -0.2) is 0 Å². The summed E-state index contributed by atoms with van der Waals surface area (Å²) >= 11 is 0. The fraction of sp³-hybridized carbons (Fsp3) is 0.308. The van der Waals surface area contributed by atoms with Crippen LogP contribution in [0.15, 0.2) is 36.4 Å². The fourth-order valence-corrected chi connectivity index (χ4v) is 1.28. The molecule has 0 N–H and O–H groups in total. The Kier molecular flexibility index (Phi) is 3.63. The Balaban J connectivity index is 2.88. The Morgan fingerprint density at radius 1 is 1.21 bits per heavy atom. The van der Waals surface area contributed by atoms with E-state index in [9.17, 15) is 4.79 Å². The molecule has 74 valence electrons. The molecule has 14 heavy (non-hydrogen) atoms. The van der Waals surface area contributed by atoms with Crippen molar-refractivity contribution < 1.29 is 4.79 Å². The van der Waals surface area contributed by atoms with E-state index in [4.69, 9.17) is 0 Å². The molecule has 0 aromatic heterocycles. The van der Waals surface area contributed by atoms with Crippen molar-refractivity contribution in [1.82, 2.24) is 0 Å². The molecule has 0 saturated heterocycles. The summed E-state index contributed by atoms with van der Waals surface area (Å²) in [6.07, 6.45) is 3.35. The lowest BCUT2D eigenvalue weighted by molar-refractivity contribution is 0.104. The van der Waals surface area contributed by atoms with Crippen LogP contribution in [0, 0.1) is 0 Å². The number of ketones is 1. The van der Waals surface area contributed by atoms with Crippen molar-refractivity contribution in [1.29, 1.82) is 0 Å². The molecule has 1 aromatic carbocycles. The van der Waals surface area contributed by atoms with Crippen LogP contribution in [-0.4, -0.2) is 5.78 Å². The topological polar surface area (TPSA) is 17.1 Å². The Bertz CT molecular complexity index is 331. The van der Waals surface area contributed by atoms with E-state index in [0.717, 1.165) is 5.56 Å². The highest BCUT2D eigenvalue weighted by Crippen LogP contribution is 2.14. The van der Waals surface area contributed by atoms with Crippen molar-refractivity contribution in [2.24, 2.45) is 0 Å². The van der Waals surface area contributed by atoms with Gasteiger partial charge in [0, 0.05) is 5.56 Å². The number of benzene rings is 1. The standard InChI is InChI=1S/C13H16O/c1-4-5-13(14)12-8-6-11(7-9-12)10(2)3/h4-10H,1-3H3/b5-4+. The molecule has 0 unspecified atom stereocenters. The molecule has 0 heterocycles. The maximum Gasteiger partial charge on any atom is 0.185 e. The zero-order chi connectivity index (χ0) is 10.6. The van der Waals surface area contributed by atoms with Crippen LogP contribution in [0.3, 0.4) is 0 Å². The molecule has 1 rings (SSSR count). The Morgan fingerprint density at radius 2 is 1.79 bits per heavy atom. The maximum absolute atomic E-state index is 11.4. The zero-order valence-corrected chi connectivity index (χ0v) is 8.95. The van der Waals surface area contributed by atoms with E-state index in [-0.39, 0.29) is 5.78 Å². The van der Waals surface area contributed by atoms with Gasteiger partial charge in [-0.05, 0) is 24.5 Å². The zero-order valence-electron chi connectivity index (χ0n) is 8.95. The van der Waals surface area contributed by atoms with Gasteiger partial charge in [-0.15, -0.1) is 0 Å². The van der Waals surface area contributed by atoms with E-state index in [1.165, 1.54) is 5.56 Å². The molecule has 0 aliphatic rings. The monoisotopic (exact) mass is 188 g/mol. The van der Waals surface area contributed by atoms with Crippen molar-refractivity contribution in [3.8, 4) is 0 Å². The molecule has 0 saturated carbocycles. The van der Waals surface area contributed by atoms with Gasteiger partial charge in [-0.3, -0.25) is 4.79 Å². The predicted molar refractivity (Wildman–Crippen MR) is 59.7 cm³/mol. The third-order valence-corrected chi connectivity index (χ3v) is 2.18. The number of carbonyl (C=O) groups excluding carboxylic acids is 1. The first-order valence-corrected chi connectivity index (χ1v) is 4.92. The Labute approximate surface area is 85.5 Å². The van der Waals surface area contributed by atoms with Crippen molar-refractivity contribution in [2.75, 3.05) is 0 Å². The predicted octanol–water partition coefficient (Wildman–Crippen LogP) is 3.57. The van der Waals surface area contributed by atoms with Crippen LogP contribution in [0.5, 0.6) is 0 Å². The van der Waals surface area contributed by atoms with Crippen LogP contribution >= 0.6 is 0 Å². The third-order valence-electron chi connectivity index (χ3n) is 2.18. The molecule has 0 spiro atoms. The molecule has 0 amide bonds. The van der Waals surface area contributed by atoms with Gasteiger partial charge in [-0.2, -0.15) is 0 Å². The molecular weight excluding hydrogens is 172 g/mol. The summed E-state index contributed by atoms with van der Waals surface area (Å²) in [5.41, 5.74) is 2.02. The molecule has 0 radical (unpaired) electrons. The van der Waals surface area contributed by atoms with Gasteiger partial charge in [0.05, 0.1) is 0 Å². The molecule has 0 bridgehead atoms. The average molecular weight is 188 g/mol. The quantitative estimate of drug-likeness (QED) is 0.523. The fourth-order valence-electron chi connectivity index (χ4n) is 1.28. The second-order valence-corrected chi connectivity index (χ2v) is 3.64. The summed E-state index contributed by atoms with van der Waals surface area (Å²) in [6.45, 7) is 6.13. The number of allylic oxidation sites excluding steroid dienone is 2. The molecule has 1 aromatic rings. The molecule has 0 aliphatic heterocycles. The van der Waals surface area contributed by atoms with E-state index >= 15 is 0 Å². The molecule has 0 aliphatic carbocycles. The molecule has 1 heteroatoms. The summed E-state index contributed by atoms with van der Waals surface area (Å²) < 4.78 is 0. The lowest BCUT2D eigenvalue weighted by Gasteiger charge is -2.04. The lowest BCUT2D eigenvalue weighted by Crippen LogP contribution is -1.95.